The third-order valence-electron chi connectivity index (χ3n) is 6.08. The number of carbonyl (C=O) groups is 2. The molecular formula is C25H24N4O4S. The highest BCUT2D eigenvalue weighted by Gasteiger charge is 2.42. The molecule has 4 heterocycles. The smallest absolute Gasteiger partial charge is 0.350 e. The zero-order valence-electron chi connectivity index (χ0n) is 18.7. The number of ether oxygens (including phenoxy) is 1. The number of benzene rings is 1. The monoisotopic (exact) mass is 476 g/mol. The number of pyridine rings is 1. The summed E-state index contributed by atoms with van der Waals surface area (Å²) in [5, 5.41) is 6.21. The topological polar surface area (TPSA) is 85.9 Å². The number of fused-ring (bicyclic) bond motifs is 1. The van der Waals surface area contributed by atoms with E-state index in [9.17, 15) is 14.4 Å². The summed E-state index contributed by atoms with van der Waals surface area (Å²) in [6.45, 7) is 2.17. The number of aryl methyl sites for hydroxylation is 1. The molecule has 0 spiro atoms. The maximum Gasteiger partial charge on any atom is 0.350 e. The molecule has 4 aromatic rings. The lowest BCUT2D eigenvalue weighted by Crippen LogP contribution is -2.45. The van der Waals surface area contributed by atoms with E-state index < -0.39 is 12.0 Å². The van der Waals surface area contributed by atoms with Gasteiger partial charge in [0.25, 0.3) is 0 Å². The van der Waals surface area contributed by atoms with E-state index in [2.05, 4.69) is 5.10 Å². The second-order valence-electron chi connectivity index (χ2n) is 8.31. The number of rotatable bonds is 6. The summed E-state index contributed by atoms with van der Waals surface area (Å²) in [6, 6.07) is 16.5. The predicted molar refractivity (Wildman–Crippen MR) is 129 cm³/mol. The zero-order chi connectivity index (χ0) is 23.7. The van der Waals surface area contributed by atoms with Crippen molar-refractivity contribution < 1.29 is 14.3 Å². The van der Waals surface area contributed by atoms with E-state index in [0.29, 0.717) is 12.1 Å². The van der Waals surface area contributed by atoms with Crippen molar-refractivity contribution in [1.82, 2.24) is 14.2 Å². The normalized spacial score (nSPS) is 18.4. The average molecular weight is 477 g/mol. The van der Waals surface area contributed by atoms with Gasteiger partial charge in [-0.25, -0.2) is 9.48 Å². The van der Waals surface area contributed by atoms with E-state index in [0.717, 1.165) is 16.1 Å². The Balaban J connectivity index is 1.36. The first-order valence-electron chi connectivity index (χ1n) is 11.2. The number of amides is 1. The third-order valence-corrected chi connectivity index (χ3v) is 7.03. The van der Waals surface area contributed by atoms with Crippen LogP contribution < -0.4 is 10.6 Å². The number of anilines is 1. The van der Waals surface area contributed by atoms with Crippen molar-refractivity contribution in [1.29, 1.82) is 0 Å². The summed E-state index contributed by atoms with van der Waals surface area (Å²) in [4.78, 5) is 41.3. The van der Waals surface area contributed by atoms with Crippen LogP contribution in [0.3, 0.4) is 0 Å². The molecule has 174 valence electrons. The Kier molecular flexibility index (Phi) is 6.02. The fourth-order valence-electron chi connectivity index (χ4n) is 4.39. The molecule has 0 N–H and O–H groups in total. The van der Waals surface area contributed by atoms with Crippen molar-refractivity contribution in [3.05, 3.63) is 87.1 Å². The minimum absolute atomic E-state index is 0.0115. The van der Waals surface area contributed by atoms with Gasteiger partial charge in [-0.1, -0.05) is 29.8 Å². The van der Waals surface area contributed by atoms with Crippen molar-refractivity contribution in [2.75, 3.05) is 11.5 Å². The minimum Gasteiger partial charge on any atom is -0.463 e. The molecule has 2 unspecified atom stereocenters. The molecule has 2 atom stereocenters. The second kappa shape index (κ2) is 9.26. The number of thiophene rings is 1. The van der Waals surface area contributed by atoms with Gasteiger partial charge in [0.15, 0.2) is 5.65 Å². The molecule has 1 aliphatic rings. The van der Waals surface area contributed by atoms with E-state index in [1.807, 2.05) is 48.7 Å². The van der Waals surface area contributed by atoms with Gasteiger partial charge in [-0.15, -0.1) is 16.4 Å². The summed E-state index contributed by atoms with van der Waals surface area (Å²) in [5.41, 5.74) is 2.12. The predicted octanol–water partition coefficient (Wildman–Crippen LogP) is 3.59. The summed E-state index contributed by atoms with van der Waals surface area (Å²) < 4.78 is 8.36. The number of hydrogen-bond donors (Lipinski definition) is 0. The molecule has 0 aliphatic carbocycles. The molecule has 3 aromatic heterocycles. The van der Waals surface area contributed by atoms with Crippen LogP contribution in [0.5, 0.6) is 0 Å². The maximum absolute atomic E-state index is 13.2. The summed E-state index contributed by atoms with van der Waals surface area (Å²) in [7, 11) is 0. The standard InChI is InChI=1S/C25H24N4O4S/c1-17-7-9-18(10-8-17)29-22(30)12-11-19(23(29)20-5-4-16-34-20)24(31)33-15-14-28-25(32)27-13-3-2-6-21(27)26-28/h2-10,13,16,19,23H,11-12,14-15H2,1H3. The number of hydrogen-bond acceptors (Lipinski definition) is 6. The minimum atomic E-state index is -0.504. The van der Waals surface area contributed by atoms with E-state index >= 15 is 0 Å². The van der Waals surface area contributed by atoms with Crippen molar-refractivity contribution in [2.24, 2.45) is 5.92 Å². The zero-order valence-corrected chi connectivity index (χ0v) is 19.5. The van der Waals surface area contributed by atoms with Gasteiger partial charge in [0.1, 0.15) is 6.61 Å². The first kappa shape index (κ1) is 22.1. The van der Waals surface area contributed by atoms with E-state index in [1.165, 1.54) is 20.4 Å². The first-order valence-corrected chi connectivity index (χ1v) is 12.0. The van der Waals surface area contributed by atoms with Crippen LogP contribution in [0.15, 0.2) is 71.0 Å². The Morgan fingerprint density at radius 1 is 1.12 bits per heavy atom. The first-order chi connectivity index (χ1) is 16.5. The van der Waals surface area contributed by atoms with Gasteiger partial charge < -0.3 is 9.64 Å². The van der Waals surface area contributed by atoms with Crippen LogP contribution in [0.25, 0.3) is 5.65 Å². The van der Waals surface area contributed by atoms with Crippen molar-refractivity contribution in [3.8, 4) is 0 Å². The lowest BCUT2D eigenvalue weighted by Gasteiger charge is -2.39. The van der Waals surface area contributed by atoms with Gasteiger partial charge in [0, 0.05) is 23.2 Å². The molecule has 0 radical (unpaired) electrons. The number of piperidine rings is 1. The molecule has 1 amide bonds. The Bertz CT molecular complexity index is 1370. The summed E-state index contributed by atoms with van der Waals surface area (Å²) in [6.07, 6.45) is 2.33. The van der Waals surface area contributed by atoms with Crippen molar-refractivity contribution in [2.45, 2.75) is 32.4 Å². The van der Waals surface area contributed by atoms with Crippen LogP contribution in [0.4, 0.5) is 5.69 Å². The number of esters is 1. The van der Waals surface area contributed by atoms with E-state index in [-0.39, 0.29) is 37.1 Å². The Labute approximate surface area is 200 Å². The van der Waals surface area contributed by atoms with Crippen LogP contribution in [-0.4, -0.2) is 32.7 Å². The SMILES string of the molecule is Cc1ccc(N2C(=O)CCC(C(=O)OCCn3nc4ccccn4c3=O)C2c2cccs2)cc1. The third kappa shape index (κ3) is 4.14. The van der Waals surface area contributed by atoms with Crippen LogP contribution >= 0.6 is 11.3 Å². The van der Waals surface area contributed by atoms with Gasteiger partial charge in [-0.2, -0.15) is 0 Å². The molecular weight excluding hydrogens is 452 g/mol. The van der Waals surface area contributed by atoms with Gasteiger partial charge >= 0.3 is 11.7 Å². The number of nitrogens with zero attached hydrogens (tertiary/aromatic N) is 4. The molecule has 34 heavy (non-hydrogen) atoms. The fourth-order valence-corrected chi connectivity index (χ4v) is 5.27. The molecule has 1 aliphatic heterocycles. The highest BCUT2D eigenvalue weighted by atomic mass is 32.1. The van der Waals surface area contributed by atoms with Crippen LogP contribution in [0.1, 0.15) is 29.3 Å². The van der Waals surface area contributed by atoms with Gasteiger partial charge in [-0.05, 0) is 49.1 Å². The average Bonchev–Trinajstić information content (AvgIpc) is 3.48. The summed E-state index contributed by atoms with van der Waals surface area (Å²) >= 11 is 1.52. The Morgan fingerprint density at radius 3 is 2.68 bits per heavy atom. The highest BCUT2D eigenvalue weighted by molar-refractivity contribution is 7.10. The largest absolute Gasteiger partial charge is 0.463 e. The van der Waals surface area contributed by atoms with E-state index in [4.69, 9.17) is 4.74 Å². The van der Waals surface area contributed by atoms with Crippen molar-refractivity contribution in [3.63, 3.8) is 0 Å². The molecule has 9 heteroatoms. The Morgan fingerprint density at radius 2 is 1.94 bits per heavy atom. The van der Waals surface area contributed by atoms with Crippen LogP contribution in [0, 0.1) is 12.8 Å². The van der Waals surface area contributed by atoms with Gasteiger partial charge in [0.2, 0.25) is 5.91 Å². The van der Waals surface area contributed by atoms with Crippen molar-refractivity contribution >= 4 is 34.5 Å². The van der Waals surface area contributed by atoms with Gasteiger partial charge in [-0.3, -0.25) is 14.0 Å². The lowest BCUT2D eigenvalue weighted by atomic mass is 9.87. The Hall–Kier alpha value is -3.72. The van der Waals surface area contributed by atoms with Gasteiger partial charge in [0.05, 0.1) is 18.5 Å². The highest BCUT2D eigenvalue weighted by Crippen LogP contribution is 2.42. The quantitative estimate of drug-likeness (QED) is 0.397. The molecule has 1 fully saturated rings. The molecule has 1 aromatic carbocycles. The number of aromatic nitrogens is 3. The second-order valence-corrected chi connectivity index (χ2v) is 9.29. The number of carbonyl (C=O) groups excluding carboxylic acids is 2. The van der Waals surface area contributed by atoms with Crippen LogP contribution in [0.2, 0.25) is 0 Å². The molecule has 8 nitrogen and oxygen atoms in total. The molecule has 0 saturated carbocycles. The lowest BCUT2D eigenvalue weighted by molar-refractivity contribution is -0.151. The van der Waals surface area contributed by atoms with E-state index in [1.54, 1.807) is 29.3 Å². The van der Waals surface area contributed by atoms with Crippen LogP contribution in [-0.2, 0) is 20.9 Å². The molecule has 1 saturated heterocycles. The summed E-state index contributed by atoms with van der Waals surface area (Å²) in [5.74, 6) is -0.891. The maximum atomic E-state index is 13.2. The fraction of sp³-hybridized carbons (Fsp3) is 0.280. The molecule has 0 bridgehead atoms. The molecule has 5 rings (SSSR count).